The number of pyridine rings is 1. The SMILES string of the molecule is Cc1ccnc(NC(=O)C2CCCN(Cc3ccccc3)C2)c1. The number of anilines is 1. The van der Waals surface area contributed by atoms with E-state index in [-0.39, 0.29) is 11.8 Å². The lowest BCUT2D eigenvalue weighted by atomic mass is 9.96. The van der Waals surface area contributed by atoms with Crippen LogP contribution in [0.5, 0.6) is 0 Å². The van der Waals surface area contributed by atoms with Crippen molar-refractivity contribution in [3.63, 3.8) is 0 Å². The zero-order chi connectivity index (χ0) is 16.1. The Bertz CT molecular complexity index is 657. The van der Waals surface area contributed by atoms with E-state index in [0.717, 1.165) is 38.0 Å². The van der Waals surface area contributed by atoms with Gasteiger partial charge in [-0.05, 0) is 49.6 Å². The third kappa shape index (κ3) is 4.39. The van der Waals surface area contributed by atoms with Crippen molar-refractivity contribution in [1.29, 1.82) is 0 Å². The first-order valence-electron chi connectivity index (χ1n) is 8.20. The topological polar surface area (TPSA) is 45.2 Å². The standard InChI is InChI=1S/C19H23N3O/c1-15-9-10-20-18(12-15)21-19(23)17-8-5-11-22(14-17)13-16-6-3-2-4-7-16/h2-4,6-7,9-10,12,17H,5,8,11,13-14H2,1H3,(H,20,21,23). The van der Waals surface area contributed by atoms with E-state index in [1.807, 2.05) is 25.1 Å². The predicted octanol–water partition coefficient (Wildman–Crippen LogP) is 3.24. The minimum absolute atomic E-state index is 0.0368. The second-order valence-corrected chi connectivity index (χ2v) is 6.27. The van der Waals surface area contributed by atoms with Crippen LogP contribution in [0.3, 0.4) is 0 Å². The molecule has 1 aliphatic rings. The average molecular weight is 309 g/mol. The Morgan fingerprint density at radius 1 is 1.30 bits per heavy atom. The molecule has 23 heavy (non-hydrogen) atoms. The summed E-state index contributed by atoms with van der Waals surface area (Å²) in [6.45, 7) is 4.78. The zero-order valence-corrected chi connectivity index (χ0v) is 13.5. The first kappa shape index (κ1) is 15.7. The molecule has 1 N–H and O–H groups in total. The summed E-state index contributed by atoms with van der Waals surface area (Å²) in [7, 11) is 0. The molecule has 2 heterocycles. The molecular weight excluding hydrogens is 286 g/mol. The molecular formula is C19H23N3O. The summed E-state index contributed by atoms with van der Waals surface area (Å²) < 4.78 is 0. The van der Waals surface area contributed by atoms with Crippen LogP contribution in [-0.4, -0.2) is 28.9 Å². The highest BCUT2D eigenvalue weighted by molar-refractivity contribution is 5.91. The van der Waals surface area contributed by atoms with Crippen LogP contribution in [0.15, 0.2) is 48.7 Å². The highest BCUT2D eigenvalue weighted by Gasteiger charge is 2.26. The Kier molecular flexibility index (Phi) is 5.03. The van der Waals surface area contributed by atoms with E-state index < -0.39 is 0 Å². The Morgan fingerprint density at radius 3 is 2.91 bits per heavy atom. The molecule has 120 valence electrons. The lowest BCUT2D eigenvalue weighted by Gasteiger charge is -2.31. The van der Waals surface area contributed by atoms with Gasteiger partial charge in [0.25, 0.3) is 0 Å². The number of likely N-dealkylation sites (tertiary alicyclic amines) is 1. The maximum atomic E-state index is 12.5. The molecule has 2 aromatic rings. The van der Waals surface area contributed by atoms with E-state index in [0.29, 0.717) is 5.82 Å². The van der Waals surface area contributed by atoms with Gasteiger partial charge in [0.1, 0.15) is 5.82 Å². The smallest absolute Gasteiger partial charge is 0.229 e. The Hall–Kier alpha value is -2.20. The van der Waals surface area contributed by atoms with Gasteiger partial charge in [0, 0.05) is 19.3 Å². The fraction of sp³-hybridized carbons (Fsp3) is 0.368. The number of aryl methyl sites for hydroxylation is 1. The molecule has 0 saturated carbocycles. The molecule has 0 radical (unpaired) electrons. The molecule has 1 amide bonds. The third-order valence-electron chi connectivity index (χ3n) is 4.29. The number of piperidine rings is 1. The lowest BCUT2D eigenvalue weighted by Crippen LogP contribution is -2.40. The van der Waals surface area contributed by atoms with Gasteiger partial charge in [0.05, 0.1) is 5.92 Å². The summed E-state index contributed by atoms with van der Waals surface area (Å²) in [4.78, 5) is 19.1. The summed E-state index contributed by atoms with van der Waals surface area (Å²) in [6, 6.07) is 14.3. The Labute approximate surface area is 137 Å². The van der Waals surface area contributed by atoms with Crippen molar-refractivity contribution in [3.8, 4) is 0 Å². The lowest BCUT2D eigenvalue weighted by molar-refractivity contribution is -0.121. The van der Waals surface area contributed by atoms with Crippen molar-refractivity contribution >= 4 is 11.7 Å². The van der Waals surface area contributed by atoms with Gasteiger partial charge in [-0.15, -0.1) is 0 Å². The fourth-order valence-electron chi connectivity index (χ4n) is 3.09. The minimum atomic E-state index is 0.0368. The minimum Gasteiger partial charge on any atom is -0.310 e. The van der Waals surface area contributed by atoms with E-state index in [4.69, 9.17) is 0 Å². The van der Waals surface area contributed by atoms with Gasteiger partial charge in [0.2, 0.25) is 5.91 Å². The predicted molar refractivity (Wildman–Crippen MR) is 92.0 cm³/mol. The molecule has 3 rings (SSSR count). The molecule has 4 nitrogen and oxygen atoms in total. The first-order valence-corrected chi connectivity index (χ1v) is 8.20. The van der Waals surface area contributed by atoms with E-state index in [1.54, 1.807) is 6.20 Å². The van der Waals surface area contributed by atoms with Crippen molar-refractivity contribution in [2.24, 2.45) is 5.92 Å². The van der Waals surface area contributed by atoms with Gasteiger partial charge in [-0.1, -0.05) is 30.3 Å². The molecule has 1 aromatic carbocycles. The molecule has 1 aromatic heterocycles. The number of benzene rings is 1. The number of hydrogen-bond donors (Lipinski definition) is 1. The van der Waals surface area contributed by atoms with Crippen molar-refractivity contribution in [1.82, 2.24) is 9.88 Å². The second kappa shape index (κ2) is 7.38. The van der Waals surface area contributed by atoms with Crippen molar-refractivity contribution in [2.45, 2.75) is 26.3 Å². The normalized spacial score (nSPS) is 18.6. The molecule has 1 aliphatic heterocycles. The molecule has 1 unspecified atom stereocenters. The number of carbonyl (C=O) groups is 1. The summed E-state index contributed by atoms with van der Waals surface area (Å²) in [5.41, 5.74) is 2.40. The van der Waals surface area contributed by atoms with Gasteiger partial charge < -0.3 is 5.32 Å². The number of carbonyl (C=O) groups excluding carboxylic acids is 1. The molecule has 1 fully saturated rings. The number of rotatable bonds is 4. The van der Waals surface area contributed by atoms with Crippen LogP contribution in [0.4, 0.5) is 5.82 Å². The summed E-state index contributed by atoms with van der Waals surface area (Å²) in [6.07, 6.45) is 3.74. The van der Waals surface area contributed by atoms with Crippen molar-refractivity contribution < 1.29 is 4.79 Å². The van der Waals surface area contributed by atoms with Crippen LogP contribution in [0.1, 0.15) is 24.0 Å². The summed E-state index contributed by atoms with van der Waals surface area (Å²) in [5, 5.41) is 2.96. The van der Waals surface area contributed by atoms with E-state index in [1.165, 1.54) is 5.56 Å². The Balaban J connectivity index is 1.58. The maximum Gasteiger partial charge on any atom is 0.229 e. The van der Waals surface area contributed by atoms with Crippen LogP contribution in [-0.2, 0) is 11.3 Å². The van der Waals surface area contributed by atoms with Gasteiger partial charge in [0.15, 0.2) is 0 Å². The molecule has 0 bridgehead atoms. The number of aromatic nitrogens is 1. The van der Waals surface area contributed by atoms with Crippen LogP contribution in [0, 0.1) is 12.8 Å². The van der Waals surface area contributed by atoms with Crippen LogP contribution in [0.25, 0.3) is 0 Å². The zero-order valence-electron chi connectivity index (χ0n) is 13.5. The van der Waals surface area contributed by atoms with E-state index in [9.17, 15) is 4.79 Å². The third-order valence-corrected chi connectivity index (χ3v) is 4.29. The number of nitrogens with one attached hydrogen (secondary N) is 1. The highest BCUT2D eigenvalue weighted by atomic mass is 16.2. The average Bonchev–Trinajstić information content (AvgIpc) is 2.56. The largest absolute Gasteiger partial charge is 0.310 e. The second-order valence-electron chi connectivity index (χ2n) is 6.27. The Morgan fingerprint density at radius 2 is 2.13 bits per heavy atom. The molecule has 0 aliphatic carbocycles. The van der Waals surface area contributed by atoms with E-state index >= 15 is 0 Å². The summed E-state index contributed by atoms with van der Waals surface area (Å²) in [5.74, 6) is 0.769. The maximum absolute atomic E-state index is 12.5. The van der Waals surface area contributed by atoms with Gasteiger partial charge in [-0.3, -0.25) is 9.69 Å². The molecule has 1 saturated heterocycles. The fourth-order valence-corrected chi connectivity index (χ4v) is 3.09. The first-order chi connectivity index (χ1) is 11.2. The van der Waals surface area contributed by atoms with Gasteiger partial charge in [-0.2, -0.15) is 0 Å². The van der Waals surface area contributed by atoms with Crippen LogP contribution >= 0.6 is 0 Å². The van der Waals surface area contributed by atoms with Crippen LogP contribution < -0.4 is 5.32 Å². The number of amides is 1. The molecule has 4 heteroatoms. The molecule has 0 spiro atoms. The van der Waals surface area contributed by atoms with Crippen molar-refractivity contribution in [2.75, 3.05) is 18.4 Å². The number of hydrogen-bond acceptors (Lipinski definition) is 3. The monoisotopic (exact) mass is 309 g/mol. The quantitative estimate of drug-likeness (QED) is 0.943. The molecule has 1 atom stereocenters. The van der Waals surface area contributed by atoms with E-state index in [2.05, 4.69) is 39.5 Å². The highest BCUT2D eigenvalue weighted by Crippen LogP contribution is 2.20. The van der Waals surface area contributed by atoms with Gasteiger partial charge >= 0.3 is 0 Å². The number of nitrogens with zero attached hydrogens (tertiary/aromatic N) is 2. The summed E-state index contributed by atoms with van der Waals surface area (Å²) >= 11 is 0. The van der Waals surface area contributed by atoms with Gasteiger partial charge in [-0.25, -0.2) is 4.98 Å². The van der Waals surface area contributed by atoms with Crippen LogP contribution in [0.2, 0.25) is 0 Å². The van der Waals surface area contributed by atoms with Crippen molar-refractivity contribution in [3.05, 3.63) is 59.8 Å².